The fourth-order valence-electron chi connectivity index (χ4n) is 3.20. The Morgan fingerprint density at radius 1 is 1.04 bits per heavy atom. The topological polar surface area (TPSA) is 39.7 Å². The Morgan fingerprint density at radius 2 is 1.72 bits per heavy atom. The summed E-state index contributed by atoms with van der Waals surface area (Å²) in [7, 11) is 3.36. The van der Waals surface area contributed by atoms with E-state index in [2.05, 4.69) is 55.6 Å². The molecule has 0 aliphatic carbocycles. The third-order valence-electron chi connectivity index (χ3n) is 4.50. The molecule has 1 heterocycles. The largest absolute Gasteiger partial charge is 0.493 e. The summed E-state index contributed by atoms with van der Waals surface area (Å²) in [4.78, 5) is 0. The summed E-state index contributed by atoms with van der Waals surface area (Å²) in [6, 6.07) is 12.7. The van der Waals surface area contributed by atoms with E-state index >= 15 is 0 Å². The number of rotatable bonds is 6. The highest BCUT2D eigenvalue weighted by atomic mass is 16.5. The molecule has 0 saturated carbocycles. The van der Waals surface area contributed by atoms with Gasteiger partial charge in [-0.1, -0.05) is 26.0 Å². The van der Waals surface area contributed by atoms with Gasteiger partial charge in [0, 0.05) is 6.54 Å². The smallest absolute Gasteiger partial charge is 0.161 e. The zero-order valence-electron chi connectivity index (χ0n) is 15.5. The van der Waals surface area contributed by atoms with E-state index in [1.165, 1.54) is 16.7 Å². The van der Waals surface area contributed by atoms with Crippen LogP contribution in [-0.2, 0) is 6.42 Å². The average molecular weight is 341 g/mol. The molecule has 2 aromatic rings. The van der Waals surface area contributed by atoms with Gasteiger partial charge in [-0.3, -0.25) is 0 Å². The van der Waals surface area contributed by atoms with Crippen LogP contribution >= 0.6 is 0 Å². The van der Waals surface area contributed by atoms with Gasteiger partial charge in [0.25, 0.3) is 0 Å². The maximum Gasteiger partial charge on any atom is 0.161 e. The maximum absolute atomic E-state index is 5.79. The van der Waals surface area contributed by atoms with Crippen molar-refractivity contribution in [3.8, 4) is 17.2 Å². The second kappa shape index (κ2) is 7.79. The quantitative estimate of drug-likeness (QED) is 0.863. The van der Waals surface area contributed by atoms with Crippen LogP contribution in [0.5, 0.6) is 17.2 Å². The first-order valence-corrected chi connectivity index (χ1v) is 8.83. The van der Waals surface area contributed by atoms with Crippen LogP contribution in [0.1, 0.15) is 36.6 Å². The number of methoxy groups -OCH3 is 2. The molecule has 0 fully saturated rings. The zero-order valence-corrected chi connectivity index (χ0v) is 15.5. The first kappa shape index (κ1) is 17.6. The zero-order chi connectivity index (χ0) is 17.8. The molecule has 2 aromatic carbocycles. The van der Waals surface area contributed by atoms with Crippen molar-refractivity contribution in [2.45, 2.75) is 26.3 Å². The molecule has 25 heavy (non-hydrogen) atoms. The predicted octanol–water partition coefficient (Wildman–Crippen LogP) is 3.97. The Balaban J connectivity index is 1.87. The standard InChI is InChI=1S/C21H27NO3/c1-14(2)13-25-17-7-5-15(6-8-17)21-18-12-20(24-4)19(23-3)11-16(18)9-10-22-21/h5-8,11-12,14,21-22H,9-10,13H2,1-4H3. The second-order valence-corrected chi connectivity index (χ2v) is 6.82. The minimum atomic E-state index is 0.155. The number of hydrogen-bond donors (Lipinski definition) is 1. The van der Waals surface area contributed by atoms with Gasteiger partial charge < -0.3 is 19.5 Å². The highest BCUT2D eigenvalue weighted by Crippen LogP contribution is 2.37. The summed E-state index contributed by atoms with van der Waals surface area (Å²) in [5.41, 5.74) is 3.78. The summed E-state index contributed by atoms with van der Waals surface area (Å²) in [6.07, 6.45) is 0.988. The molecule has 0 saturated heterocycles. The van der Waals surface area contributed by atoms with Crippen LogP contribution in [0.15, 0.2) is 36.4 Å². The SMILES string of the molecule is COc1cc2c(cc1OC)C(c1ccc(OCC(C)C)cc1)NCC2. The van der Waals surface area contributed by atoms with Gasteiger partial charge in [0.1, 0.15) is 5.75 Å². The van der Waals surface area contributed by atoms with Crippen LogP contribution in [0.2, 0.25) is 0 Å². The van der Waals surface area contributed by atoms with Crippen LogP contribution in [0.25, 0.3) is 0 Å². The van der Waals surface area contributed by atoms with Crippen LogP contribution in [-0.4, -0.2) is 27.4 Å². The van der Waals surface area contributed by atoms with Crippen molar-refractivity contribution in [2.75, 3.05) is 27.4 Å². The van der Waals surface area contributed by atoms with Gasteiger partial charge in [-0.05, 0) is 53.3 Å². The Labute approximate surface area is 150 Å². The molecule has 0 aromatic heterocycles. The molecule has 4 heteroatoms. The number of hydrogen-bond acceptors (Lipinski definition) is 4. The number of nitrogens with one attached hydrogen (secondary N) is 1. The summed E-state index contributed by atoms with van der Waals surface area (Å²) in [5.74, 6) is 3.00. The first-order chi connectivity index (χ1) is 12.1. The van der Waals surface area contributed by atoms with Gasteiger partial charge in [0.05, 0.1) is 26.9 Å². The lowest BCUT2D eigenvalue weighted by molar-refractivity contribution is 0.271. The highest BCUT2D eigenvalue weighted by molar-refractivity contribution is 5.51. The Morgan fingerprint density at radius 3 is 2.36 bits per heavy atom. The fraction of sp³-hybridized carbons (Fsp3) is 0.429. The van der Waals surface area contributed by atoms with Crippen molar-refractivity contribution < 1.29 is 14.2 Å². The second-order valence-electron chi connectivity index (χ2n) is 6.82. The minimum absolute atomic E-state index is 0.155. The third-order valence-corrected chi connectivity index (χ3v) is 4.50. The molecule has 0 bridgehead atoms. The molecular weight excluding hydrogens is 314 g/mol. The lowest BCUT2D eigenvalue weighted by Crippen LogP contribution is -2.30. The lowest BCUT2D eigenvalue weighted by Gasteiger charge is -2.28. The van der Waals surface area contributed by atoms with Gasteiger partial charge in [0.2, 0.25) is 0 Å². The van der Waals surface area contributed by atoms with Crippen LogP contribution in [0, 0.1) is 5.92 Å². The van der Waals surface area contributed by atoms with E-state index in [4.69, 9.17) is 14.2 Å². The molecule has 4 nitrogen and oxygen atoms in total. The average Bonchev–Trinajstić information content (AvgIpc) is 2.65. The summed E-state index contributed by atoms with van der Waals surface area (Å²) in [5, 5.41) is 3.61. The van der Waals surface area contributed by atoms with Gasteiger partial charge >= 0.3 is 0 Å². The molecule has 0 spiro atoms. The third kappa shape index (κ3) is 3.90. The summed E-state index contributed by atoms with van der Waals surface area (Å²) in [6.45, 7) is 5.98. The molecule has 1 aliphatic rings. The van der Waals surface area contributed by atoms with Gasteiger partial charge in [0.15, 0.2) is 11.5 Å². The first-order valence-electron chi connectivity index (χ1n) is 8.83. The predicted molar refractivity (Wildman–Crippen MR) is 99.9 cm³/mol. The summed E-state index contributed by atoms with van der Waals surface area (Å²) >= 11 is 0. The van der Waals surface area contributed by atoms with Crippen LogP contribution < -0.4 is 19.5 Å². The van der Waals surface area contributed by atoms with Crippen molar-refractivity contribution in [2.24, 2.45) is 5.92 Å². The van der Waals surface area contributed by atoms with E-state index in [1.54, 1.807) is 14.2 Å². The van der Waals surface area contributed by atoms with E-state index in [-0.39, 0.29) is 6.04 Å². The van der Waals surface area contributed by atoms with Gasteiger partial charge in [-0.25, -0.2) is 0 Å². The van der Waals surface area contributed by atoms with E-state index in [1.807, 2.05) is 0 Å². The van der Waals surface area contributed by atoms with E-state index in [9.17, 15) is 0 Å². The van der Waals surface area contributed by atoms with Crippen molar-refractivity contribution in [3.05, 3.63) is 53.1 Å². The van der Waals surface area contributed by atoms with E-state index in [0.717, 1.165) is 36.8 Å². The molecular formula is C21H27NO3. The monoisotopic (exact) mass is 341 g/mol. The minimum Gasteiger partial charge on any atom is -0.493 e. The number of fused-ring (bicyclic) bond motifs is 1. The fourth-order valence-corrected chi connectivity index (χ4v) is 3.20. The normalized spacial score (nSPS) is 16.4. The molecule has 134 valence electrons. The van der Waals surface area contributed by atoms with Crippen molar-refractivity contribution >= 4 is 0 Å². The molecule has 0 amide bonds. The Hall–Kier alpha value is -2.20. The molecule has 3 rings (SSSR count). The molecule has 1 aliphatic heterocycles. The van der Waals surface area contributed by atoms with E-state index in [0.29, 0.717) is 5.92 Å². The van der Waals surface area contributed by atoms with Gasteiger partial charge in [-0.15, -0.1) is 0 Å². The van der Waals surface area contributed by atoms with Crippen molar-refractivity contribution in [1.29, 1.82) is 0 Å². The molecule has 1 unspecified atom stereocenters. The molecule has 0 radical (unpaired) electrons. The lowest BCUT2D eigenvalue weighted by atomic mass is 9.89. The Bertz CT molecular complexity index is 710. The van der Waals surface area contributed by atoms with Crippen LogP contribution in [0.3, 0.4) is 0 Å². The number of ether oxygens (including phenoxy) is 3. The maximum atomic E-state index is 5.79. The van der Waals surface area contributed by atoms with E-state index < -0.39 is 0 Å². The summed E-state index contributed by atoms with van der Waals surface area (Å²) < 4.78 is 16.7. The van der Waals surface area contributed by atoms with Crippen molar-refractivity contribution in [3.63, 3.8) is 0 Å². The Kier molecular flexibility index (Phi) is 5.49. The molecule has 1 atom stereocenters. The molecule has 1 N–H and O–H groups in total. The highest BCUT2D eigenvalue weighted by Gasteiger charge is 2.23. The number of benzene rings is 2. The van der Waals surface area contributed by atoms with Crippen molar-refractivity contribution in [1.82, 2.24) is 5.32 Å². The van der Waals surface area contributed by atoms with Gasteiger partial charge in [-0.2, -0.15) is 0 Å². The van der Waals surface area contributed by atoms with Crippen LogP contribution in [0.4, 0.5) is 0 Å².